The molecule has 3 aromatic carbocycles. The van der Waals surface area contributed by atoms with Gasteiger partial charge in [0, 0.05) is 11.8 Å². The van der Waals surface area contributed by atoms with E-state index in [-0.39, 0.29) is 23.7 Å². The Balaban J connectivity index is 1.55. The van der Waals surface area contributed by atoms with E-state index in [1.165, 1.54) is 12.2 Å². The molecule has 2 aliphatic heterocycles. The maximum atomic E-state index is 14.1. The van der Waals surface area contributed by atoms with Crippen LogP contribution in [0.3, 0.4) is 0 Å². The second-order valence-electron chi connectivity index (χ2n) is 10.4. The van der Waals surface area contributed by atoms with E-state index in [4.69, 9.17) is 9.47 Å². The standard InChI is InChI=1S/C31H23F8N3O4/c1-45-28(44)25-23-7-8-29(46-23,24(9-16-5-3-2-4-6-16)40-21-14-19(32)13-20(33)15-21)26(25)27(43)42-41-22-11-17(30(34,35)36)10-18(12-22)31(37,38)39/h2-8,10-15,23-24,40-41H,9H2,1H3,(H,42,43). The van der Waals surface area contributed by atoms with Gasteiger partial charge < -0.3 is 14.8 Å². The molecule has 242 valence electrons. The highest BCUT2D eigenvalue weighted by atomic mass is 19.4. The number of alkyl halides is 6. The van der Waals surface area contributed by atoms with Gasteiger partial charge in [-0.3, -0.25) is 15.6 Å². The summed E-state index contributed by atoms with van der Waals surface area (Å²) in [6.45, 7) is 0. The van der Waals surface area contributed by atoms with Crippen molar-refractivity contribution in [3.8, 4) is 0 Å². The van der Waals surface area contributed by atoms with Crippen LogP contribution in [0.25, 0.3) is 0 Å². The highest BCUT2D eigenvalue weighted by Crippen LogP contribution is 2.47. The third kappa shape index (κ3) is 6.54. The fraction of sp³-hybridized carbons (Fsp3) is 0.226. The summed E-state index contributed by atoms with van der Waals surface area (Å²) >= 11 is 0. The van der Waals surface area contributed by atoms with Gasteiger partial charge in [-0.15, -0.1) is 0 Å². The largest absolute Gasteiger partial charge is 0.466 e. The zero-order valence-electron chi connectivity index (χ0n) is 23.5. The molecule has 2 heterocycles. The quantitative estimate of drug-likeness (QED) is 0.108. The summed E-state index contributed by atoms with van der Waals surface area (Å²) in [4.78, 5) is 26.7. The number of hydrazine groups is 1. The molecule has 15 heteroatoms. The highest BCUT2D eigenvalue weighted by molar-refractivity contribution is 6.07. The van der Waals surface area contributed by atoms with E-state index in [0.29, 0.717) is 23.8 Å². The number of carbonyl (C=O) groups excluding carboxylic acids is 2. The van der Waals surface area contributed by atoms with Gasteiger partial charge in [-0.2, -0.15) is 26.3 Å². The van der Waals surface area contributed by atoms with Crippen molar-refractivity contribution in [2.75, 3.05) is 17.9 Å². The number of hydrogen-bond acceptors (Lipinski definition) is 6. The van der Waals surface area contributed by atoms with Crippen LogP contribution in [0.15, 0.2) is 90.0 Å². The van der Waals surface area contributed by atoms with Crippen LogP contribution in [-0.2, 0) is 37.8 Å². The molecule has 0 fully saturated rings. The van der Waals surface area contributed by atoms with Gasteiger partial charge in [-0.1, -0.05) is 36.4 Å². The predicted molar refractivity (Wildman–Crippen MR) is 148 cm³/mol. The van der Waals surface area contributed by atoms with Gasteiger partial charge in [0.15, 0.2) is 0 Å². The first-order valence-electron chi connectivity index (χ1n) is 13.4. The minimum absolute atomic E-state index is 0.0390. The van der Waals surface area contributed by atoms with E-state index < -0.39 is 76.0 Å². The lowest BCUT2D eigenvalue weighted by Gasteiger charge is -2.36. The highest BCUT2D eigenvalue weighted by Gasteiger charge is 2.58. The first-order valence-corrected chi connectivity index (χ1v) is 13.4. The van der Waals surface area contributed by atoms with Crippen LogP contribution in [0.5, 0.6) is 0 Å². The van der Waals surface area contributed by atoms with Crippen LogP contribution in [0.2, 0.25) is 0 Å². The minimum Gasteiger partial charge on any atom is -0.466 e. The molecule has 0 aromatic heterocycles. The van der Waals surface area contributed by atoms with E-state index in [9.17, 15) is 44.7 Å². The van der Waals surface area contributed by atoms with Crippen molar-refractivity contribution in [2.24, 2.45) is 0 Å². The van der Waals surface area contributed by atoms with E-state index in [2.05, 4.69) is 16.2 Å². The fourth-order valence-corrected chi connectivity index (χ4v) is 5.39. The number of fused-ring (bicyclic) bond motifs is 2. The number of amides is 1. The van der Waals surface area contributed by atoms with Crippen molar-refractivity contribution in [2.45, 2.75) is 36.5 Å². The maximum absolute atomic E-state index is 14.1. The molecule has 3 unspecified atom stereocenters. The summed E-state index contributed by atoms with van der Waals surface area (Å²) in [7, 11) is 1.03. The van der Waals surface area contributed by atoms with Crippen LogP contribution in [0, 0.1) is 11.6 Å². The monoisotopic (exact) mass is 653 g/mol. The number of rotatable bonds is 9. The average molecular weight is 654 g/mol. The van der Waals surface area contributed by atoms with Crippen LogP contribution >= 0.6 is 0 Å². The lowest BCUT2D eigenvalue weighted by Crippen LogP contribution is -2.51. The number of hydrogen-bond donors (Lipinski definition) is 3. The number of nitrogens with one attached hydrogen (secondary N) is 3. The average Bonchev–Trinajstić information content (AvgIpc) is 3.57. The van der Waals surface area contributed by atoms with Crippen LogP contribution < -0.4 is 16.2 Å². The summed E-state index contributed by atoms with van der Waals surface area (Å²) in [5, 5.41) is 2.96. The van der Waals surface area contributed by atoms with Gasteiger partial charge in [-0.05, 0) is 48.4 Å². The van der Waals surface area contributed by atoms with Gasteiger partial charge in [0.25, 0.3) is 5.91 Å². The van der Waals surface area contributed by atoms with Gasteiger partial charge in [0.05, 0.1) is 41.1 Å². The number of anilines is 2. The number of halogens is 8. The van der Waals surface area contributed by atoms with Gasteiger partial charge in [0.1, 0.15) is 23.3 Å². The molecule has 1 amide bonds. The van der Waals surface area contributed by atoms with Crippen molar-refractivity contribution in [3.05, 3.63) is 118 Å². The third-order valence-electron chi connectivity index (χ3n) is 7.33. The van der Waals surface area contributed by atoms with Crippen molar-refractivity contribution in [1.29, 1.82) is 0 Å². The lowest BCUT2D eigenvalue weighted by molar-refractivity contribution is -0.143. The molecule has 0 saturated carbocycles. The second-order valence-corrected chi connectivity index (χ2v) is 10.4. The van der Waals surface area contributed by atoms with Crippen LogP contribution in [0.4, 0.5) is 46.5 Å². The first kappa shape index (κ1) is 32.5. The lowest BCUT2D eigenvalue weighted by atomic mass is 9.78. The molecule has 3 N–H and O–H groups in total. The van der Waals surface area contributed by atoms with Crippen molar-refractivity contribution >= 4 is 23.3 Å². The molecule has 7 nitrogen and oxygen atoms in total. The minimum atomic E-state index is -5.15. The van der Waals surface area contributed by atoms with Crippen molar-refractivity contribution in [1.82, 2.24) is 5.43 Å². The third-order valence-corrected chi connectivity index (χ3v) is 7.33. The molecular formula is C31H23F8N3O4. The summed E-state index contributed by atoms with van der Waals surface area (Å²) in [5.74, 6) is -4.01. The predicted octanol–water partition coefficient (Wildman–Crippen LogP) is 6.35. The molecule has 0 radical (unpaired) electrons. The van der Waals surface area contributed by atoms with Crippen molar-refractivity contribution in [3.63, 3.8) is 0 Å². The molecular weight excluding hydrogens is 630 g/mol. The van der Waals surface area contributed by atoms with E-state index in [1.807, 2.05) is 0 Å². The Morgan fingerprint density at radius 3 is 2.07 bits per heavy atom. The molecule has 0 spiro atoms. The molecule has 0 aliphatic carbocycles. The van der Waals surface area contributed by atoms with Gasteiger partial charge in [0.2, 0.25) is 0 Å². The molecule has 3 atom stereocenters. The Morgan fingerprint density at radius 1 is 0.891 bits per heavy atom. The Labute approximate surface area is 255 Å². The number of ether oxygens (including phenoxy) is 2. The fourth-order valence-electron chi connectivity index (χ4n) is 5.39. The second kappa shape index (κ2) is 12.1. The van der Waals surface area contributed by atoms with E-state index >= 15 is 0 Å². The van der Waals surface area contributed by atoms with Gasteiger partial charge in [-0.25, -0.2) is 13.6 Å². The van der Waals surface area contributed by atoms with E-state index in [1.54, 1.807) is 30.3 Å². The zero-order valence-corrected chi connectivity index (χ0v) is 23.5. The number of methoxy groups -OCH3 is 1. The molecule has 0 saturated heterocycles. The normalized spacial score (nSPS) is 19.6. The smallest absolute Gasteiger partial charge is 0.416 e. The summed E-state index contributed by atoms with van der Waals surface area (Å²) in [6.07, 6.45) is -8.53. The molecule has 3 aromatic rings. The number of carbonyl (C=O) groups is 2. The van der Waals surface area contributed by atoms with Gasteiger partial charge >= 0.3 is 18.3 Å². The first-order chi connectivity index (χ1) is 21.6. The topological polar surface area (TPSA) is 88.7 Å². The molecule has 2 aliphatic rings. The summed E-state index contributed by atoms with van der Waals surface area (Å²) < 4.78 is 120. The number of esters is 1. The summed E-state index contributed by atoms with van der Waals surface area (Å²) in [5.41, 5.74) is -1.82. The number of benzene rings is 3. The van der Waals surface area contributed by atoms with Crippen molar-refractivity contribution < 1.29 is 54.2 Å². The molecule has 2 bridgehead atoms. The Bertz CT molecular complexity index is 1670. The Kier molecular flexibility index (Phi) is 8.55. The summed E-state index contributed by atoms with van der Waals surface area (Å²) in [6, 6.07) is 10.8. The van der Waals surface area contributed by atoms with E-state index in [0.717, 1.165) is 19.2 Å². The van der Waals surface area contributed by atoms with Crippen LogP contribution in [0.1, 0.15) is 16.7 Å². The Hall–Kier alpha value is -4.92. The Morgan fingerprint density at radius 2 is 1.50 bits per heavy atom. The SMILES string of the molecule is COC(=O)C1=C(C(=O)NNc2cc(C(F)(F)F)cc(C(F)(F)F)c2)C2(C(Cc3ccccc3)Nc3cc(F)cc(F)c3)C=CC1O2. The van der Waals surface area contributed by atoms with Crippen LogP contribution in [-0.4, -0.2) is 36.7 Å². The molecule has 46 heavy (non-hydrogen) atoms. The zero-order chi connectivity index (χ0) is 33.4. The maximum Gasteiger partial charge on any atom is 0.416 e. The molecule has 5 rings (SSSR count).